The Labute approximate surface area is 126 Å². The summed E-state index contributed by atoms with van der Waals surface area (Å²) in [5.41, 5.74) is 0.115. The number of thiazole rings is 1. The third-order valence-electron chi connectivity index (χ3n) is 2.69. The van der Waals surface area contributed by atoms with Crippen molar-refractivity contribution >= 4 is 33.7 Å². The normalized spacial score (nSPS) is 10.6. The molecule has 1 N–H and O–H groups in total. The van der Waals surface area contributed by atoms with E-state index in [2.05, 4.69) is 10.3 Å². The zero-order chi connectivity index (χ0) is 14.8. The molecule has 0 aliphatic carbocycles. The fraction of sp³-hybridized carbons (Fsp3) is 0. The molecule has 7 heteroatoms. The SMILES string of the molecule is O=C(Nc1nc(-c2cccs2)cs1)c1c(F)cccc1F. The molecule has 0 bridgehead atoms. The minimum absolute atomic E-state index is 0.297. The summed E-state index contributed by atoms with van der Waals surface area (Å²) in [7, 11) is 0. The molecular weight excluding hydrogens is 314 g/mol. The van der Waals surface area contributed by atoms with E-state index < -0.39 is 23.1 Å². The maximum absolute atomic E-state index is 13.5. The quantitative estimate of drug-likeness (QED) is 0.776. The van der Waals surface area contributed by atoms with Crippen molar-refractivity contribution in [1.82, 2.24) is 4.98 Å². The fourth-order valence-electron chi connectivity index (χ4n) is 1.74. The van der Waals surface area contributed by atoms with E-state index in [1.54, 1.807) is 5.38 Å². The number of benzene rings is 1. The van der Waals surface area contributed by atoms with Crippen molar-refractivity contribution in [2.75, 3.05) is 5.32 Å². The van der Waals surface area contributed by atoms with Crippen molar-refractivity contribution in [3.63, 3.8) is 0 Å². The third-order valence-corrected chi connectivity index (χ3v) is 4.34. The van der Waals surface area contributed by atoms with Crippen LogP contribution in [-0.4, -0.2) is 10.9 Å². The Morgan fingerprint density at radius 3 is 2.52 bits per heavy atom. The summed E-state index contributed by atoms with van der Waals surface area (Å²) in [5.74, 6) is -2.65. The molecule has 106 valence electrons. The molecule has 3 rings (SSSR count). The van der Waals surface area contributed by atoms with Crippen molar-refractivity contribution in [3.8, 4) is 10.6 Å². The Hall–Kier alpha value is -2.12. The van der Waals surface area contributed by atoms with Crippen LogP contribution in [0.3, 0.4) is 0 Å². The fourth-order valence-corrected chi connectivity index (χ4v) is 3.21. The van der Waals surface area contributed by atoms with E-state index >= 15 is 0 Å². The second-order valence-corrected chi connectivity index (χ2v) is 5.87. The summed E-state index contributed by atoms with van der Waals surface area (Å²) in [6, 6.07) is 7.09. The Morgan fingerprint density at radius 1 is 1.10 bits per heavy atom. The standard InChI is InChI=1S/C14H8F2N2OS2/c15-8-3-1-4-9(16)12(8)13(19)18-14-17-10(7-21-14)11-5-2-6-20-11/h1-7H,(H,17,18,19). The largest absolute Gasteiger partial charge is 0.298 e. The first kappa shape index (κ1) is 13.8. The maximum Gasteiger partial charge on any atom is 0.263 e. The highest BCUT2D eigenvalue weighted by molar-refractivity contribution is 7.16. The predicted octanol–water partition coefficient (Wildman–Crippen LogP) is 4.40. The van der Waals surface area contributed by atoms with Crippen LogP contribution in [0.4, 0.5) is 13.9 Å². The molecule has 0 spiro atoms. The number of halogens is 2. The van der Waals surface area contributed by atoms with Crippen LogP contribution in [0, 0.1) is 11.6 Å². The van der Waals surface area contributed by atoms with Gasteiger partial charge in [0.15, 0.2) is 5.13 Å². The van der Waals surface area contributed by atoms with Crippen LogP contribution in [0.25, 0.3) is 10.6 Å². The van der Waals surface area contributed by atoms with E-state index in [4.69, 9.17) is 0 Å². The molecule has 0 fully saturated rings. The van der Waals surface area contributed by atoms with E-state index in [1.165, 1.54) is 28.7 Å². The van der Waals surface area contributed by atoms with E-state index in [0.717, 1.165) is 22.7 Å². The topological polar surface area (TPSA) is 42.0 Å². The molecular formula is C14H8F2N2OS2. The van der Waals surface area contributed by atoms with Crippen LogP contribution in [0.1, 0.15) is 10.4 Å². The van der Waals surface area contributed by atoms with Gasteiger partial charge < -0.3 is 0 Å². The molecule has 0 saturated carbocycles. The van der Waals surface area contributed by atoms with Crippen LogP contribution in [0.5, 0.6) is 0 Å². The molecule has 1 aromatic carbocycles. The number of anilines is 1. The smallest absolute Gasteiger partial charge is 0.263 e. The highest BCUT2D eigenvalue weighted by Gasteiger charge is 2.18. The number of amides is 1. The number of hydrogen-bond donors (Lipinski definition) is 1. The molecule has 2 aromatic heterocycles. The van der Waals surface area contributed by atoms with Gasteiger partial charge in [-0.2, -0.15) is 0 Å². The number of carbonyl (C=O) groups excluding carboxylic acids is 1. The minimum Gasteiger partial charge on any atom is -0.298 e. The Bertz CT molecular complexity index is 764. The summed E-state index contributed by atoms with van der Waals surface area (Å²) >= 11 is 2.72. The highest BCUT2D eigenvalue weighted by atomic mass is 32.1. The van der Waals surface area contributed by atoms with Gasteiger partial charge in [-0.3, -0.25) is 10.1 Å². The molecule has 0 unspecified atom stereocenters. The van der Waals surface area contributed by atoms with Crippen LogP contribution >= 0.6 is 22.7 Å². The second-order valence-electron chi connectivity index (χ2n) is 4.07. The van der Waals surface area contributed by atoms with Gasteiger partial charge in [0.25, 0.3) is 5.91 Å². The van der Waals surface area contributed by atoms with E-state index in [1.807, 2.05) is 17.5 Å². The van der Waals surface area contributed by atoms with Gasteiger partial charge in [0.2, 0.25) is 0 Å². The molecule has 1 amide bonds. The summed E-state index contributed by atoms with van der Waals surface area (Å²) in [4.78, 5) is 17.1. The van der Waals surface area contributed by atoms with Gasteiger partial charge >= 0.3 is 0 Å². The van der Waals surface area contributed by atoms with Crippen molar-refractivity contribution in [3.05, 3.63) is 58.3 Å². The van der Waals surface area contributed by atoms with Gasteiger partial charge in [0.1, 0.15) is 17.2 Å². The van der Waals surface area contributed by atoms with Crippen molar-refractivity contribution in [1.29, 1.82) is 0 Å². The van der Waals surface area contributed by atoms with E-state index in [-0.39, 0.29) is 0 Å². The van der Waals surface area contributed by atoms with Crippen LogP contribution in [0.15, 0.2) is 41.1 Å². The second kappa shape index (κ2) is 5.71. The summed E-state index contributed by atoms with van der Waals surface area (Å²) < 4.78 is 27.0. The lowest BCUT2D eigenvalue weighted by molar-refractivity contribution is 0.101. The molecule has 3 aromatic rings. The maximum atomic E-state index is 13.5. The lowest BCUT2D eigenvalue weighted by atomic mass is 10.2. The first-order valence-electron chi connectivity index (χ1n) is 5.90. The third kappa shape index (κ3) is 2.84. The number of nitrogens with zero attached hydrogens (tertiary/aromatic N) is 1. The van der Waals surface area contributed by atoms with Crippen LogP contribution in [0.2, 0.25) is 0 Å². The number of carbonyl (C=O) groups is 1. The predicted molar refractivity (Wildman–Crippen MR) is 79.7 cm³/mol. The number of nitrogens with one attached hydrogen (secondary N) is 1. The van der Waals surface area contributed by atoms with Crippen LogP contribution in [-0.2, 0) is 0 Å². The van der Waals surface area contributed by atoms with Gasteiger partial charge in [0.05, 0.1) is 10.6 Å². The van der Waals surface area contributed by atoms with E-state index in [0.29, 0.717) is 5.13 Å². The first-order chi connectivity index (χ1) is 10.1. The summed E-state index contributed by atoms with van der Waals surface area (Å²) in [6.07, 6.45) is 0. The van der Waals surface area contributed by atoms with Crippen molar-refractivity contribution in [2.24, 2.45) is 0 Å². The first-order valence-corrected chi connectivity index (χ1v) is 7.66. The average Bonchev–Trinajstić information content (AvgIpc) is 3.08. The molecule has 3 nitrogen and oxygen atoms in total. The van der Waals surface area contributed by atoms with E-state index in [9.17, 15) is 13.6 Å². The number of hydrogen-bond acceptors (Lipinski definition) is 4. The van der Waals surface area contributed by atoms with Gasteiger partial charge in [0, 0.05) is 5.38 Å². The monoisotopic (exact) mass is 322 g/mol. The summed E-state index contributed by atoms with van der Waals surface area (Å²) in [5, 5.41) is 6.41. The van der Waals surface area contributed by atoms with Crippen LogP contribution < -0.4 is 5.32 Å². The number of aromatic nitrogens is 1. The highest BCUT2D eigenvalue weighted by Crippen LogP contribution is 2.28. The zero-order valence-corrected chi connectivity index (χ0v) is 12.1. The average molecular weight is 322 g/mol. The minimum atomic E-state index is -0.900. The molecule has 2 heterocycles. The Kier molecular flexibility index (Phi) is 3.76. The number of thiophene rings is 1. The molecule has 21 heavy (non-hydrogen) atoms. The lowest BCUT2D eigenvalue weighted by Crippen LogP contribution is -2.15. The molecule has 0 radical (unpaired) electrons. The number of rotatable bonds is 3. The summed E-state index contributed by atoms with van der Waals surface area (Å²) in [6.45, 7) is 0. The Balaban J connectivity index is 1.82. The van der Waals surface area contributed by atoms with Gasteiger partial charge in [-0.25, -0.2) is 13.8 Å². The van der Waals surface area contributed by atoms with Crippen molar-refractivity contribution in [2.45, 2.75) is 0 Å². The molecule has 0 atom stereocenters. The zero-order valence-electron chi connectivity index (χ0n) is 10.5. The van der Waals surface area contributed by atoms with Gasteiger partial charge in [-0.15, -0.1) is 22.7 Å². The van der Waals surface area contributed by atoms with Crippen molar-refractivity contribution < 1.29 is 13.6 Å². The van der Waals surface area contributed by atoms with Gasteiger partial charge in [-0.1, -0.05) is 12.1 Å². The van der Waals surface area contributed by atoms with Gasteiger partial charge in [-0.05, 0) is 23.6 Å². The molecule has 0 aliphatic heterocycles. The molecule has 0 saturated heterocycles. The lowest BCUT2D eigenvalue weighted by Gasteiger charge is -2.04. The Morgan fingerprint density at radius 2 is 1.86 bits per heavy atom. The molecule has 0 aliphatic rings.